The molecule has 0 spiro atoms. The van der Waals surface area contributed by atoms with Crippen LogP contribution in [-0.2, 0) is 47.7 Å². The van der Waals surface area contributed by atoms with Gasteiger partial charge < -0.3 is 23.7 Å². The van der Waals surface area contributed by atoms with Crippen molar-refractivity contribution in [1.29, 1.82) is 0 Å². The van der Waals surface area contributed by atoms with E-state index in [0.717, 1.165) is 32.5 Å². The van der Waals surface area contributed by atoms with E-state index in [1.54, 1.807) is 60.7 Å². The Morgan fingerprint density at radius 3 is 2.05 bits per heavy atom. The number of carbonyl (C=O) groups is 5. The van der Waals surface area contributed by atoms with Gasteiger partial charge in [0, 0.05) is 32.7 Å². The zero-order valence-corrected chi connectivity index (χ0v) is 25.7. The molecule has 0 bridgehead atoms. The van der Waals surface area contributed by atoms with Crippen molar-refractivity contribution in [3.05, 3.63) is 70.9 Å². The lowest BCUT2D eigenvalue weighted by molar-refractivity contribution is -0.237. The Morgan fingerprint density at radius 1 is 0.864 bits per heavy atom. The van der Waals surface area contributed by atoms with E-state index in [2.05, 4.69) is 4.99 Å². The summed E-state index contributed by atoms with van der Waals surface area (Å²) < 4.78 is 27.9. The Bertz CT molecular complexity index is 1480. The zero-order chi connectivity index (χ0) is 32.0. The van der Waals surface area contributed by atoms with Gasteiger partial charge in [0.2, 0.25) is 0 Å². The largest absolute Gasteiger partial charge is 0.463 e. The number of ether oxygens (including phenoxy) is 5. The highest BCUT2D eigenvalue weighted by molar-refractivity contribution is 8.14. The van der Waals surface area contributed by atoms with Crippen LogP contribution >= 0.6 is 23.4 Å². The number of amides is 1. The smallest absolute Gasteiger partial charge is 0.303 e. The van der Waals surface area contributed by atoms with Gasteiger partial charge in [-0.15, -0.1) is 0 Å². The lowest BCUT2D eigenvalue weighted by Gasteiger charge is -2.44. The maximum Gasteiger partial charge on any atom is 0.303 e. The van der Waals surface area contributed by atoms with Crippen molar-refractivity contribution >= 4 is 70.1 Å². The molecular weight excluding hydrogens is 616 g/mol. The van der Waals surface area contributed by atoms with Gasteiger partial charge in [0.05, 0.1) is 5.69 Å². The molecule has 14 heteroatoms. The van der Waals surface area contributed by atoms with E-state index in [-0.39, 0.29) is 17.5 Å². The number of hydrogen-bond donors (Lipinski definition) is 0. The first kappa shape index (κ1) is 32.7. The van der Waals surface area contributed by atoms with E-state index in [1.807, 2.05) is 0 Å². The third kappa shape index (κ3) is 8.24. The molecule has 232 valence electrons. The van der Waals surface area contributed by atoms with Crippen molar-refractivity contribution in [1.82, 2.24) is 0 Å². The van der Waals surface area contributed by atoms with Gasteiger partial charge in [0.15, 0.2) is 28.9 Å². The average molecular weight is 645 g/mol. The summed E-state index contributed by atoms with van der Waals surface area (Å²) >= 11 is 6.92. The number of para-hydroxylation sites is 1. The van der Waals surface area contributed by atoms with Crippen LogP contribution in [0.1, 0.15) is 33.3 Å². The molecule has 0 radical (unpaired) electrons. The van der Waals surface area contributed by atoms with Gasteiger partial charge in [0.25, 0.3) is 5.91 Å². The number of halogens is 1. The van der Waals surface area contributed by atoms with E-state index >= 15 is 0 Å². The Hall–Kier alpha value is -4.20. The molecule has 2 heterocycles. The minimum atomic E-state index is -1.36. The van der Waals surface area contributed by atoms with Crippen LogP contribution in [0.4, 0.5) is 5.69 Å². The van der Waals surface area contributed by atoms with Crippen molar-refractivity contribution in [3.63, 3.8) is 0 Å². The molecule has 44 heavy (non-hydrogen) atoms. The number of anilines is 1. The molecule has 2 aliphatic heterocycles. The van der Waals surface area contributed by atoms with Crippen LogP contribution in [0.5, 0.6) is 0 Å². The van der Waals surface area contributed by atoms with Crippen LogP contribution in [0.3, 0.4) is 0 Å². The first-order valence-electron chi connectivity index (χ1n) is 13.4. The van der Waals surface area contributed by atoms with Crippen LogP contribution < -0.4 is 4.90 Å². The molecule has 0 aliphatic carbocycles. The van der Waals surface area contributed by atoms with E-state index in [0.29, 0.717) is 16.3 Å². The number of thioether (sulfide) groups is 1. The molecule has 1 fully saturated rings. The highest BCUT2D eigenvalue weighted by Gasteiger charge is 2.53. The average Bonchev–Trinajstić information content (AvgIpc) is 3.25. The molecule has 1 saturated heterocycles. The summed E-state index contributed by atoms with van der Waals surface area (Å²) in [6.07, 6.45) is -3.56. The monoisotopic (exact) mass is 644 g/mol. The minimum Gasteiger partial charge on any atom is -0.463 e. The lowest BCUT2D eigenvalue weighted by Crippen LogP contribution is -2.61. The Balaban J connectivity index is 1.78. The molecule has 0 N–H and O–H groups in total. The summed E-state index contributed by atoms with van der Waals surface area (Å²) in [6.45, 7) is 4.23. The maximum absolute atomic E-state index is 13.7. The number of hydrogen-bond acceptors (Lipinski definition) is 12. The summed E-state index contributed by atoms with van der Waals surface area (Å²) in [5.41, 5.74) is 0.0921. The number of rotatable bonds is 8. The van der Waals surface area contributed by atoms with E-state index < -0.39 is 59.6 Å². The molecule has 4 rings (SSSR count). The molecule has 0 aromatic heterocycles. The van der Waals surface area contributed by atoms with Gasteiger partial charge in [-0.3, -0.25) is 28.9 Å². The van der Waals surface area contributed by atoms with Crippen molar-refractivity contribution in [2.75, 3.05) is 11.5 Å². The van der Waals surface area contributed by atoms with Gasteiger partial charge in [-0.25, -0.2) is 4.99 Å². The molecule has 0 saturated carbocycles. The van der Waals surface area contributed by atoms with Crippen LogP contribution in [0.2, 0.25) is 5.02 Å². The lowest BCUT2D eigenvalue weighted by atomic mass is 9.99. The Labute approximate surface area is 262 Å². The number of carbonyl (C=O) groups excluding carboxylic acids is 5. The number of nitrogens with zero attached hydrogens (tertiary/aromatic N) is 2. The zero-order valence-electron chi connectivity index (χ0n) is 24.1. The number of esters is 4. The highest BCUT2D eigenvalue weighted by atomic mass is 35.5. The fourth-order valence-electron chi connectivity index (χ4n) is 4.48. The third-order valence-corrected chi connectivity index (χ3v) is 7.54. The van der Waals surface area contributed by atoms with Crippen molar-refractivity contribution in [3.8, 4) is 0 Å². The summed E-state index contributed by atoms with van der Waals surface area (Å²) in [6, 6.07) is 15.5. The molecule has 2 aromatic rings. The maximum atomic E-state index is 13.7. The van der Waals surface area contributed by atoms with Gasteiger partial charge in [-0.2, -0.15) is 0 Å². The number of amidine groups is 1. The molecule has 5 atom stereocenters. The van der Waals surface area contributed by atoms with Crippen LogP contribution in [0.15, 0.2) is 65.3 Å². The Kier molecular flexibility index (Phi) is 10.8. The first-order valence-corrected chi connectivity index (χ1v) is 14.6. The number of benzene rings is 2. The highest BCUT2D eigenvalue weighted by Crippen LogP contribution is 2.38. The van der Waals surface area contributed by atoms with Crippen molar-refractivity contribution < 1.29 is 47.7 Å². The second-order valence-electron chi connectivity index (χ2n) is 9.64. The first-order chi connectivity index (χ1) is 20.9. The second-order valence-corrected chi connectivity index (χ2v) is 11.1. The predicted molar refractivity (Wildman–Crippen MR) is 160 cm³/mol. The molecular formula is C30H29ClN2O10S. The molecule has 12 nitrogen and oxygen atoms in total. The normalized spacial score (nSPS) is 24.0. The van der Waals surface area contributed by atoms with Crippen molar-refractivity contribution in [2.24, 2.45) is 4.99 Å². The molecule has 2 aromatic carbocycles. The van der Waals surface area contributed by atoms with Crippen LogP contribution in [-0.4, -0.2) is 71.4 Å². The summed E-state index contributed by atoms with van der Waals surface area (Å²) in [7, 11) is 0. The summed E-state index contributed by atoms with van der Waals surface area (Å²) in [5.74, 6) is -3.32. The fourth-order valence-corrected chi connectivity index (χ4v) is 5.81. The van der Waals surface area contributed by atoms with Crippen LogP contribution in [0, 0.1) is 0 Å². The molecule has 0 unspecified atom stereocenters. The molecule has 1 amide bonds. The van der Waals surface area contributed by atoms with E-state index in [4.69, 9.17) is 35.3 Å². The summed E-state index contributed by atoms with van der Waals surface area (Å²) in [4.78, 5) is 67.8. The Morgan fingerprint density at radius 2 is 1.45 bits per heavy atom. The van der Waals surface area contributed by atoms with E-state index in [9.17, 15) is 24.0 Å². The number of aliphatic imine (C=N–C) groups is 1. The predicted octanol–water partition coefficient (Wildman–Crippen LogP) is 3.90. The SMILES string of the molecule is CC(=O)OC[C@H]1O[C@@H](SC2=N/C(=C\c3ccc(Cl)cc3)C(=O)N2c2ccccc2)[C@H](OC(C)=O)[C@@H](OC(C)=O)[C@@H]1OC(C)=O. The molecule has 2 aliphatic rings. The quantitative estimate of drug-likeness (QED) is 0.234. The van der Waals surface area contributed by atoms with Gasteiger partial charge in [0.1, 0.15) is 18.4 Å². The van der Waals surface area contributed by atoms with Crippen LogP contribution in [0.25, 0.3) is 6.08 Å². The topological polar surface area (TPSA) is 147 Å². The van der Waals surface area contributed by atoms with Gasteiger partial charge in [-0.1, -0.05) is 53.7 Å². The van der Waals surface area contributed by atoms with Crippen molar-refractivity contribution in [2.45, 2.75) is 57.5 Å². The minimum absolute atomic E-state index is 0.101. The van der Waals surface area contributed by atoms with E-state index in [1.165, 1.54) is 11.8 Å². The standard InChI is InChI=1S/C30H29ClN2O10S/c1-16(34)39-15-24-25(40-17(2)35)26(41-18(3)36)27(42-19(4)37)29(43-24)44-30-32-23(14-20-10-12-21(31)13-11-20)28(38)33(30)22-8-6-5-7-9-22/h5-14,24-27,29H,15H2,1-4H3/b23-14-/t24-,25-,26+,27-,29+/m1/s1. The third-order valence-electron chi connectivity index (χ3n) is 6.19. The fraction of sp³-hybridized carbons (Fsp3) is 0.333. The summed E-state index contributed by atoms with van der Waals surface area (Å²) in [5, 5.41) is 0.682. The van der Waals surface area contributed by atoms with Gasteiger partial charge >= 0.3 is 23.9 Å². The second kappa shape index (κ2) is 14.5. The van der Waals surface area contributed by atoms with Gasteiger partial charge in [-0.05, 0) is 35.9 Å².